The number of Topliss-reactive ketones (excluding diaryl/α,β-unsaturated/α-hetero) is 1. The minimum absolute atomic E-state index is 0.0177. The smallest absolute Gasteiger partial charge is 0.300 e. The highest BCUT2D eigenvalue weighted by molar-refractivity contribution is 7.10. The van der Waals surface area contributed by atoms with Crippen molar-refractivity contribution < 1.29 is 14.7 Å². The minimum Gasteiger partial charge on any atom is -0.507 e. The van der Waals surface area contributed by atoms with Gasteiger partial charge in [-0.15, -0.1) is 11.3 Å². The summed E-state index contributed by atoms with van der Waals surface area (Å²) in [6, 6.07) is 17.7. The van der Waals surface area contributed by atoms with E-state index in [0.717, 1.165) is 4.88 Å². The second-order valence-corrected chi connectivity index (χ2v) is 7.77. The lowest BCUT2D eigenvalue weighted by Crippen LogP contribution is -2.29. The maximum atomic E-state index is 12.9. The molecule has 1 N–H and O–H groups in total. The molecule has 0 radical (unpaired) electrons. The van der Waals surface area contributed by atoms with Crippen LogP contribution in [0, 0.1) is 11.3 Å². The summed E-state index contributed by atoms with van der Waals surface area (Å²) in [6.45, 7) is 0. The zero-order chi connectivity index (χ0) is 20.5. The number of carbonyl (C=O) groups excluding carboxylic acids is 2. The van der Waals surface area contributed by atoms with Crippen LogP contribution >= 0.6 is 22.9 Å². The normalized spacial score (nSPS) is 18.1. The molecule has 1 aromatic heterocycles. The second kappa shape index (κ2) is 7.55. The molecule has 0 saturated carbocycles. The number of rotatable bonds is 3. The third kappa shape index (κ3) is 3.31. The van der Waals surface area contributed by atoms with Crippen molar-refractivity contribution in [1.82, 2.24) is 0 Å². The number of benzene rings is 2. The van der Waals surface area contributed by atoms with E-state index in [1.807, 2.05) is 23.6 Å². The SMILES string of the molecule is N#Cc1ccc(N2C(=O)C(=O)/C(=C(\O)c3ccc(Cl)cc3)C2c2cccs2)cc1. The average molecular weight is 421 g/mol. The maximum Gasteiger partial charge on any atom is 0.300 e. The van der Waals surface area contributed by atoms with Gasteiger partial charge in [0.1, 0.15) is 11.8 Å². The van der Waals surface area contributed by atoms with Gasteiger partial charge < -0.3 is 5.11 Å². The Morgan fingerprint density at radius 1 is 1.07 bits per heavy atom. The molecule has 1 saturated heterocycles. The Bertz CT molecular complexity index is 1160. The van der Waals surface area contributed by atoms with Crippen LogP contribution in [0.25, 0.3) is 5.76 Å². The van der Waals surface area contributed by atoms with Crippen molar-refractivity contribution in [3.05, 3.63) is 92.6 Å². The van der Waals surface area contributed by atoms with Crippen molar-refractivity contribution in [2.24, 2.45) is 0 Å². The molecule has 2 aromatic carbocycles. The van der Waals surface area contributed by atoms with Gasteiger partial charge in [0.05, 0.1) is 17.2 Å². The predicted molar refractivity (Wildman–Crippen MR) is 112 cm³/mol. The van der Waals surface area contributed by atoms with E-state index in [1.54, 1.807) is 48.5 Å². The van der Waals surface area contributed by atoms with Crippen LogP contribution in [0.5, 0.6) is 0 Å². The number of anilines is 1. The van der Waals surface area contributed by atoms with Gasteiger partial charge in [0, 0.05) is 21.2 Å². The number of aliphatic hydroxyl groups excluding tert-OH is 1. The van der Waals surface area contributed by atoms with Gasteiger partial charge in [-0.2, -0.15) is 5.26 Å². The molecule has 4 rings (SSSR count). The number of halogens is 1. The minimum atomic E-state index is -0.765. The molecule has 2 heterocycles. The standard InChI is InChI=1S/C22H13ClN2O3S/c23-15-7-5-14(6-8-15)20(26)18-19(17-2-1-11-29-17)25(22(28)21(18)27)16-9-3-13(12-24)4-10-16/h1-11,19,26H/b20-18-. The number of hydrogen-bond donors (Lipinski definition) is 1. The Balaban J connectivity index is 1.90. The van der Waals surface area contributed by atoms with Crippen LogP contribution in [0.15, 0.2) is 71.6 Å². The number of nitriles is 1. The van der Waals surface area contributed by atoms with Crippen LogP contribution in [-0.2, 0) is 9.59 Å². The summed E-state index contributed by atoms with van der Waals surface area (Å²) in [4.78, 5) is 27.9. The first-order valence-corrected chi connectivity index (χ1v) is 9.87. The number of aliphatic hydroxyl groups is 1. The van der Waals surface area contributed by atoms with E-state index in [-0.39, 0.29) is 11.3 Å². The van der Waals surface area contributed by atoms with Gasteiger partial charge in [-0.25, -0.2) is 0 Å². The molecule has 7 heteroatoms. The Morgan fingerprint density at radius 3 is 2.34 bits per heavy atom. The molecular formula is C22H13ClN2O3S. The highest BCUT2D eigenvalue weighted by atomic mass is 35.5. The Labute approximate surface area is 175 Å². The molecule has 1 atom stereocenters. The molecule has 1 fully saturated rings. The van der Waals surface area contributed by atoms with Gasteiger partial charge in [-0.05, 0) is 60.0 Å². The molecule has 1 aliphatic heterocycles. The fraction of sp³-hybridized carbons (Fsp3) is 0.0455. The van der Waals surface area contributed by atoms with Gasteiger partial charge in [-0.3, -0.25) is 14.5 Å². The summed E-state index contributed by atoms with van der Waals surface area (Å²) >= 11 is 7.30. The zero-order valence-corrected chi connectivity index (χ0v) is 16.4. The molecule has 5 nitrogen and oxygen atoms in total. The molecule has 142 valence electrons. The van der Waals surface area contributed by atoms with Crippen LogP contribution in [0.1, 0.15) is 22.0 Å². The van der Waals surface area contributed by atoms with Crippen LogP contribution in [-0.4, -0.2) is 16.8 Å². The monoisotopic (exact) mass is 420 g/mol. The van der Waals surface area contributed by atoms with E-state index in [1.165, 1.54) is 16.2 Å². The first-order valence-electron chi connectivity index (χ1n) is 8.62. The third-order valence-electron chi connectivity index (χ3n) is 4.65. The van der Waals surface area contributed by atoms with E-state index in [4.69, 9.17) is 16.9 Å². The first-order chi connectivity index (χ1) is 14.0. The highest BCUT2D eigenvalue weighted by Gasteiger charge is 2.47. The molecule has 29 heavy (non-hydrogen) atoms. The van der Waals surface area contributed by atoms with E-state index in [0.29, 0.717) is 21.8 Å². The molecule has 3 aromatic rings. The molecule has 0 aliphatic carbocycles. The van der Waals surface area contributed by atoms with Crippen molar-refractivity contribution in [3.8, 4) is 6.07 Å². The zero-order valence-electron chi connectivity index (χ0n) is 14.9. The molecule has 0 spiro atoms. The maximum absolute atomic E-state index is 12.9. The molecule has 1 amide bonds. The molecule has 1 aliphatic rings. The highest BCUT2D eigenvalue weighted by Crippen LogP contribution is 2.43. The second-order valence-electron chi connectivity index (χ2n) is 6.35. The number of amides is 1. The number of hydrogen-bond acceptors (Lipinski definition) is 5. The largest absolute Gasteiger partial charge is 0.507 e. The van der Waals surface area contributed by atoms with E-state index in [2.05, 4.69) is 0 Å². The summed E-state index contributed by atoms with van der Waals surface area (Å²) in [6.07, 6.45) is 0. The van der Waals surface area contributed by atoms with Gasteiger partial charge in [0.25, 0.3) is 11.7 Å². The topological polar surface area (TPSA) is 81.4 Å². The van der Waals surface area contributed by atoms with Crippen molar-refractivity contribution in [1.29, 1.82) is 5.26 Å². The van der Waals surface area contributed by atoms with Crippen molar-refractivity contribution in [3.63, 3.8) is 0 Å². The lowest BCUT2D eigenvalue weighted by atomic mass is 9.99. The summed E-state index contributed by atoms with van der Waals surface area (Å²) in [7, 11) is 0. The predicted octanol–water partition coefficient (Wildman–Crippen LogP) is 4.90. The molecular weight excluding hydrogens is 408 g/mol. The summed E-state index contributed by atoms with van der Waals surface area (Å²) in [5.74, 6) is -1.75. The van der Waals surface area contributed by atoms with Crippen LogP contribution < -0.4 is 4.90 Å². The van der Waals surface area contributed by atoms with E-state index in [9.17, 15) is 14.7 Å². The Morgan fingerprint density at radius 2 is 1.76 bits per heavy atom. The average Bonchev–Trinajstić information content (AvgIpc) is 3.35. The van der Waals surface area contributed by atoms with Crippen molar-refractivity contribution in [2.45, 2.75) is 6.04 Å². The first kappa shape index (κ1) is 18.9. The molecule has 0 bridgehead atoms. The van der Waals surface area contributed by atoms with Crippen LogP contribution in [0.3, 0.4) is 0 Å². The number of nitrogens with zero attached hydrogens (tertiary/aromatic N) is 2. The fourth-order valence-corrected chi connectivity index (χ4v) is 4.22. The summed E-state index contributed by atoms with van der Waals surface area (Å²) < 4.78 is 0. The van der Waals surface area contributed by atoms with E-state index < -0.39 is 17.7 Å². The fourth-order valence-electron chi connectivity index (χ4n) is 3.27. The summed E-state index contributed by atoms with van der Waals surface area (Å²) in [5.41, 5.74) is 1.33. The van der Waals surface area contributed by atoms with Gasteiger partial charge in [0.15, 0.2) is 0 Å². The third-order valence-corrected chi connectivity index (χ3v) is 5.83. The van der Waals surface area contributed by atoms with Gasteiger partial charge in [0.2, 0.25) is 0 Å². The quantitative estimate of drug-likeness (QED) is 0.371. The lowest BCUT2D eigenvalue weighted by molar-refractivity contribution is -0.132. The van der Waals surface area contributed by atoms with Gasteiger partial charge in [-0.1, -0.05) is 17.7 Å². The Hall–Kier alpha value is -3.40. The lowest BCUT2D eigenvalue weighted by Gasteiger charge is -2.24. The number of ketones is 1. The molecule has 1 unspecified atom stereocenters. The van der Waals surface area contributed by atoms with Crippen LogP contribution in [0.4, 0.5) is 5.69 Å². The summed E-state index contributed by atoms with van der Waals surface area (Å²) in [5, 5.41) is 22.3. The van der Waals surface area contributed by atoms with Gasteiger partial charge >= 0.3 is 0 Å². The number of carbonyl (C=O) groups is 2. The van der Waals surface area contributed by atoms with Crippen LogP contribution in [0.2, 0.25) is 5.02 Å². The van der Waals surface area contributed by atoms with E-state index >= 15 is 0 Å². The van der Waals surface area contributed by atoms with Crippen molar-refractivity contribution >= 4 is 46.1 Å². The van der Waals surface area contributed by atoms with Crippen molar-refractivity contribution in [2.75, 3.05) is 4.90 Å². The Kier molecular flexibility index (Phi) is 4.93. The number of thiophene rings is 1.